The Morgan fingerprint density at radius 2 is 1.51 bits per heavy atom. The Labute approximate surface area is 239 Å². The van der Waals surface area contributed by atoms with E-state index >= 15 is 0 Å². The molecule has 4 rings (SSSR count). The van der Waals surface area contributed by atoms with Crippen LogP contribution in [0.25, 0.3) is 0 Å². The highest BCUT2D eigenvalue weighted by Gasteiger charge is 2.38. The van der Waals surface area contributed by atoms with Crippen LogP contribution in [0.1, 0.15) is 58.5 Å². The van der Waals surface area contributed by atoms with Crippen molar-refractivity contribution in [1.29, 1.82) is 0 Å². The molecule has 0 bridgehead atoms. The minimum absolute atomic E-state index is 0.102. The third-order valence-corrected chi connectivity index (χ3v) is 6.97. The molecule has 41 heavy (non-hydrogen) atoms. The number of ether oxygens (including phenoxy) is 1. The lowest BCUT2D eigenvalue weighted by atomic mass is 10.1. The second-order valence-corrected chi connectivity index (χ2v) is 10.4. The monoisotopic (exact) mass is 557 g/mol. The number of benzene rings is 3. The molecule has 0 saturated heterocycles. The Morgan fingerprint density at radius 1 is 0.878 bits per heavy atom. The van der Waals surface area contributed by atoms with Crippen molar-refractivity contribution in [3.05, 3.63) is 101 Å². The minimum atomic E-state index is -1.22. The third kappa shape index (κ3) is 7.51. The average molecular weight is 558 g/mol. The fourth-order valence-corrected chi connectivity index (χ4v) is 4.64. The van der Waals surface area contributed by atoms with Gasteiger partial charge in [-0.3, -0.25) is 14.5 Å². The number of nitrogens with one attached hydrogen (secondary N) is 1. The quantitative estimate of drug-likeness (QED) is 0.287. The van der Waals surface area contributed by atoms with Gasteiger partial charge in [0.25, 0.3) is 11.8 Å². The van der Waals surface area contributed by atoms with Gasteiger partial charge < -0.3 is 20.1 Å². The van der Waals surface area contributed by atoms with E-state index in [2.05, 4.69) is 5.32 Å². The summed E-state index contributed by atoms with van der Waals surface area (Å²) in [7, 11) is 0. The van der Waals surface area contributed by atoms with Crippen molar-refractivity contribution in [3.8, 4) is 5.75 Å². The molecule has 214 valence electrons. The first kappa shape index (κ1) is 29.3. The summed E-state index contributed by atoms with van der Waals surface area (Å²) in [6.45, 7) is 4.62. The Kier molecular flexibility index (Phi) is 9.73. The van der Waals surface area contributed by atoms with Crippen LogP contribution < -0.4 is 10.1 Å². The van der Waals surface area contributed by atoms with Gasteiger partial charge in [-0.25, -0.2) is 9.59 Å². The summed E-state index contributed by atoms with van der Waals surface area (Å²) in [6, 6.07) is 21.9. The second-order valence-electron chi connectivity index (χ2n) is 10.4. The van der Waals surface area contributed by atoms with Gasteiger partial charge in [0.2, 0.25) is 0 Å². The largest absolute Gasteiger partial charge is 0.489 e. The van der Waals surface area contributed by atoms with Gasteiger partial charge in [0.1, 0.15) is 18.4 Å². The zero-order valence-electron chi connectivity index (χ0n) is 23.3. The minimum Gasteiger partial charge on any atom is -0.489 e. The molecule has 1 unspecified atom stereocenters. The highest BCUT2D eigenvalue weighted by atomic mass is 16.5. The third-order valence-electron chi connectivity index (χ3n) is 6.97. The highest BCUT2D eigenvalue weighted by Crippen LogP contribution is 2.28. The van der Waals surface area contributed by atoms with E-state index < -0.39 is 29.9 Å². The maximum absolute atomic E-state index is 13.2. The number of rotatable bonds is 13. The Balaban J connectivity index is 1.43. The summed E-state index contributed by atoms with van der Waals surface area (Å²) in [6.07, 6.45) is 0.496. The topological polar surface area (TPSA) is 116 Å². The van der Waals surface area contributed by atoms with Crippen molar-refractivity contribution in [2.45, 2.75) is 45.9 Å². The molecule has 3 aromatic rings. The number of carbonyl (C=O) groups is 4. The van der Waals surface area contributed by atoms with E-state index in [0.717, 1.165) is 16.0 Å². The summed E-state index contributed by atoms with van der Waals surface area (Å²) in [4.78, 5) is 54.1. The number of nitrogens with zero attached hydrogens (tertiary/aromatic N) is 2. The van der Waals surface area contributed by atoms with E-state index in [4.69, 9.17) is 4.74 Å². The number of imide groups is 1. The average Bonchev–Trinajstić information content (AvgIpc) is 3.21. The Hall–Kier alpha value is -4.66. The number of hydrogen-bond donors (Lipinski definition) is 2. The van der Waals surface area contributed by atoms with Crippen molar-refractivity contribution >= 4 is 23.8 Å². The normalized spacial score (nSPS) is 13.2. The molecular formula is C32H35N3O6. The predicted molar refractivity (Wildman–Crippen MR) is 153 cm³/mol. The molecule has 0 radical (unpaired) electrons. The molecule has 1 atom stereocenters. The van der Waals surface area contributed by atoms with Crippen LogP contribution in [0, 0.1) is 5.92 Å². The molecule has 0 saturated carbocycles. The number of aliphatic carboxylic acids is 1. The lowest BCUT2D eigenvalue weighted by Gasteiger charge is -2.30. The number of urea groups is 1. The van der Waals surface area contributed by atoms with E-state index in [9.17, 15) is 24.3 Å². The number of carboxylic acid groups (broad SMARTS) is 1. The lowest BCUT2D eigenvalue weighted by Crippen LogP contribution is -2.51. The SMILES string of the molecule is CC(C)CCN(C(=O)NCc1ccccc1)C(CCN1C(=O)c2ccc(OCc3ccccc3)cc2C1=O)C(=O)O. The second kappa shape index (κ2) is 13.6. The first-order valence-corrected chi connectivity index (χ1v) is 13.7. The highest BCUT2D eigenvalue weighted by molar-refractivity contribution is 6.21. The van der Waals surface area contributed by atoms with E-state index in [1.165, 1.54) is 4.90 Å². The first-order valence-electron chi connectivity index (χ1n) is 13.7. The molecule has 1 aliphatic rings. The molecule has 2 N–H and O–H groups in total. The zero-order valence-corrected chi connectivity index (χ0v) is 23.3. The van der Waals surface area contributed by atoms with Crippen molar-refractivity contribution in [2.75, 3.05) is 13.1 Å². The number of amides is 4. The zero-order chi connectivity index (χ0) is 29.4. The van der Waals surface area contributed by atoms with Gasteiger partial charge >= 0.3 is 12.0 Å². The maximum atomic E-state index is 13.2. The fraction of sp³-hybridized carbons (Fsp3) is 0.312. The van der Waals surface area contributed by atoms with Gasteiger partial charge in [0.05, 0.1) is 11.1 Å². The molecule has 0 fully saturated rings. The smallest absolute Gasteiger partial charge is 0.326 e. The van der Waals surface area contributed by atoms with Gasteiger partial charge in [-0.2, -0.15) is 0 Å². The number of fused-ring (bicyclic) bond motifs is 1. The van der Waals surface area contributed by atoms with E-state index in [1.807, 2.05) is 74.5 Å². The fourth-order valence-electron chi connectivity index (χ4n) is 4.64. The summed E-state index contributed by atoms with van der Waals surface area (Å²) in [5.74, 6) is -1.51. The van der Waals surface area contributed by atoms with Crippen molar-refractivity contribution < 1.29 is 29.0 Å². The molecule has 1 heterocycles. The van der Waals surface area contributed by atoms with Gasteiger partial charge in [0, 0.05) is 19.6 Å². The molecule has 3 aromatic carbocycles. The van der Waals surface area contributed by atoms with E-state index in [1.54, 1.807) is 18.2 Å². The number of carbonyl (C=O) groups excluding carboxylic acids is 3. The predicted octanol–water partition coefficient (Wildman–Crippen LogP) is 4.96. The molecule has 1 aliphatic heterocycles. The van der Waals surface area contributed by atoms with Crippen LogP contribution in [0.3, 0.4) is 0 Å². The van der Waals surface area contributed by atoms with Crippen LogP contribution >= 0.6 is 0 Å². The molecule has 0 aliphatic carbocycles. The van der Waals surface area contributed by atoms with Crippen LogP contribution in [-0.2, 0) is 17.9 Å². The van der Waals surface area contributed by atoms with E-state index in [-0.39, 0.29) is 43.1 Å². The summed E-state index contributed by atoms with van der Waals surface area (Å²) >= 11 is 0. The standard InChI is InChI=1S/C32H35N3O6/c1-22(2)15-17-34(32(40)33-20-23-9-5-3-6-10-23)28(31(38)39)16-18-35-29(36)26-14-13-25(19-27(26)30(35)37)41-21-24-11-7-4-8-12-24/h3-14,19,22,28H,15-18,20-21H2,1-2H3,(H,33,40)(H,38,39). The van der Waals surface area contributed by atoms with E-state index in [0.29, 0.717) is 18.8 Å². The first-order chi connectivity index (χ1) is 19.7. The van der Waals surface area contributed by atoms with Crippen LogP contribution in [0.15, 0.2) is 78.9 Å². The Bertz CT molecular complexity index is 1380. The van der Waals surface area contributed by atoms with Gasteiger partial charge in [-0.15, -0.1) is 0 Å². The van der Waals surface area contributed by atoms with Crippen LogP contribution in [0.5, 0.6) is 5.75 Å². The maximum Gasteiger partial charge on any atom is 0.326 e. The molecular weight excluding hydrogens is 522 g/mol. The van der Waals surface area contributed by atoms with Crippen LogP contribution in [-0.4, -0.2) is 57.9 Å². The van der Waals surface area contributed by atoms with Crippen molar-refractivity contribution in [2.24, 2.45) is 5.92 Å². The van der Waals surface area contributed by atoms with Crippen LogP contribution in [0.4, 0.5) is 4.79 Å². The summed E-state index contributed by atoms with van der Waals surface area (Å²) in [5.41, 5.74) is 2.30. The lowest BCUT2D eigenvalue weighted by molar-refractivity contribution is -0.142. The number of hydrogen-bond acceptors (Lipinski definition) is 5. The molecule has 9 nitrogen and oxygen atoms in total. The summed E-state index contributed by atoms with van der Waals surface area (Å²) in [5, 5.41) is 12.9. The van der Waals surface area contributed by atoms with Crippen LogP contribution in [0.2, 0.25) is 0 Å². The Morgan fingerprint density at radius 3 is 2.15 bits per heavy atom. The van der Waals surface area contributed by atoms with Gasteiger partial charge in [-0.05, 0) is 48.1 Å². The van der Waals surface area contributed by atoms with Gasteiger partial charge in [-0.1, -0.05) is 74.5 Å². The molecule has 9 heteroatoms. The summed E-state index contributed by atoms with van der Waals surface area (Å²) < 4.78 is 5.81. The van der Waals surface area contributed by atoms with Gasteiger partial charge in [0.15, 0.2) is 0 Å². The number of carboxylic acids is 1. The molecule has 4 amide bonds. The molecule has 0 spiro atoms. The van der Waals surface area contributed by atoms with Crippen molar-refractivity contribution in [1.82, 2.24) is 15.1 Å². The molecule has 0 aromatic heterocycles. The van der Waals surface area contributed by atoms with Crippen molar-refractivity contribution in [3.63, 3.8) is 0 Å².